The first-order chi connectivity index (χ1) is 9.69. The third-order valence-electron chi connectivity index (χ3n) is 5.79. The number of carbonyl (C=O) groups excluding carboxylic acids is 1. The number of nitrogens with one attached hydrogen (secondary N) is 2. The fourth-order valence-corrected chi connectivity index (χ4v) is 4.84. The van der Waals surface area contributed by atoms with Crippen LogP contribution in [-0.4, -0.2) is 19.0 Å². The summed E-state index contributed by atoms with van der Waals surface area (Å²) in [6.45, 7) is 2.04. The number of benzene rings is 1. The predicted octanol–water partition coefficient (Wildman–Crippen LogP) is 2.81. The lowest BCUT2D eigenvalue weighted by Gasteiger charge is -2.12. The molecule has 3 fully saturated rings. The molecule has 4 unspecified atom stereocenters. The zero-order valence-electron chi connectivity index (χ0n) is 12.1. The van der Waals surface area contributed by atoms with E-state index in [9.17, 15) is 4.79 Å². The van der Waals surface area contributed by atoms with Crippen molar-refractivity contribution in [2.75, 3.05) is 12.4 Å². The fourth-order valence-electron chi connectivity index (χ4n) is 4.84. The van der Waals surface area contributed by atoms with Gasteiger partial charge in [0.1, 0.15) is 0 Å². The summed E-state index contributed by atoms with van der Waals surface area (Å²) >= 11 is 0. The molecule has 20 heavy (non-hydrogen) atoms. The van der Waals surface area contributed by atoms with E-state index in [0.717, 1.165) is 40.5 Å². The van der Waals surface area contributed by atoms with Crippen LogP contribution < -0.4 is 10.6 Å². The van der Waals surface area contributed by atoms with Crippen molar-refractivity contribution in [3.8, 4) is 0 Å². The van der Waals surface area contributed by atoms with Gasteiger partial charge in [0.15, 0.2) is 0 Å². The van der Waals surface area contributed by atoms with E-state index in [1.165, 1.54) is 19.3 Å². The van der Waals surface area contributed by atoms with Gasteiger partial charge in [-0.3, -0.25) is 4.79 Å². The van der Waals surface area contributed by atoms with E-state index in [1.807, 2.05) is 32.2 Å². The molecule has 0 radical (unpaired) electrons. The minimum Gasteiger partial charge on any atom is -0.388 e. The molecule has 1 aromatic rings. The standard InChI is InChI=1S/C17H22N2O/c1-9-7-12(5-6-13(9)18-2)17(20)19-16-14-10-3-4-11(8-10)15(14)16/h5-7,10-11,14-16,18H,3-4,8H2,1-2H3,(H,19,20). The Morgan fingerprint density at radius 1 is 1.20 bits per heavy atom. The lowest BCUT2D eigenvalue weighted by Crippen LogP contribution is -2.30. The van der Waals surface area contributed by atoms with Gasteiger partial charge in [0.25, 0.3) is 5.91 Å². The summed E-state index contributed by atoms with van der Waals surface area (Å²) in [6, 6.07) is 6.36. The molecule has 2 N–H and O–H groups in total. The van der Waals surface area contributed by atoms with Crippen LogP contribution in [0, 0.1) is 30.6 Å². The monoisotopic (exact) mass is 270 g/mol. The molecule has 3 heteroatoms. The molecule has 0 aliphatic heterocycles. The molecule has 1 amide bonds. The van der Waals surface area contributed by atoms with Crippen molar-refractivity contribution in [2.24, 2.45) is 23.7 Å². The highest BCUT2D eigenvalue weighted by molar-refractivity contribution is 5.95. The fraction of sp³-hybridized carbons (Fsp3) is 0.588. The van der Waals surface area contributed by atoms with Crippen molar-refractivity contribution < 1.29 is 4.79 Å². The second-order valence-corrected chi connectivity index (χ2v) is 6.77. The molecule has 4 rings (SSSR count). The van der Waals surface area contributed by atoms with Crippen LogP contribution in [0.1, 0.15) is 35.2 Å². The average Bonchev–Trinajstić information content (AvgIpc) is 2.84. The maximum atomic E-state index is 12.4. The van der Waals surface area contributed by atoms with Gasteiger partial charge >= 0.3 is 0 Å². The highest BCUT2D eigenvalue weighted by Gasteiger charge is 2.65. The number of rotatable bonds is 3. The van der Waals surface area contributed by atoms with Crippen molar-refractivity contribution >= 4 is 11.6 Å². The summed E-state index contributed by atoms with van der Waals surface area (Å²) in [5, 5.41) is 6.41. The highest BCUT2D eigenvalue weighted by Crippen LogP contribution is 2.65. The van der Waals surface area contributed by atoms with E-state index in [1.54, 1.807) is 0 Å². The van der Waals surface area contributed by atoms with Gasteiger partial charge in [-0.1, -0.05) is 0 Å². The highest BCUT2D eigenvalue weighted by atomic mass is 16.1. The van der Waals surface area contributed by atoms with Crippen molar-refractivity contribution in [3.63, 3.8) is 0 Å². The van der Waals surface area contributed by atoms with Gasteiger partial charge in [-0.15, -0.1) is 0 Å². The number of hydrogen-bond donors (Lipinski definition) is 2. The quantitative estimate of drug-likeness (QED) is 0.886. The van der Waals surface area contributed by atoms with Crippen LogP contribution in [0.25, 0.3) is 0 Å². The first-order valence-corrected chi connectivity index (χ1v) is 7.78. The van der Waals surface area contributed by atoms with Crippen LogP contribution in [0.5, 0.6) is 0 Å². The number of carbonyl (C=O) groups is 1. The Bertz CT molecular complexity index is 552. The molecule has 1 aromatic carbocycles. The Hall–Kier alpha value is -1.51. The average molecular weight is 270 g/mol. The zero-order chi connectivity index (χ0) is 13.9. The first kappa shape index (κ1) is 12.2. The van der Waals surface area contributed by atoms with Crippen LogP contribution >= 0.6 is 0 Å². The van der Waals surface area contributed by atoms with Crippen molar-refractivity contribution in [1.29, 1.82) is 0 Å². The van der Waals surface area contributed by atoms with Gasteiger partial charge in [-0.05, 0) is 73.6 Å². The second-order valence-electron chi connectivity index (χ2n) is 6.77. The van der Waals surface area contributed by atoms with Crippen molar-refractivity contribution in [2.45, 2.75) is 32.2 Å². The summed E-state index contributed by atoms with van der Waals surface area (Å²) in [6.07, 6.45) is 4.22. The van der Waals surface area contributed by atoms with Gasteiger partial charge in [0.2, 0.25) is 0 Å². The van der Waals surface area contributed by atoms with Crippen LogP contribution in [-0.2, 0) is 0 Å². The van der Waals surface area contributed by atoms with E-state index in [4.69, 9.17) is 0 Å². The van der Waals surface area contributed by atoms with Crippen LogP contribution in [0.4, 0.5) is 5.69 Å². The van der Waals surface area contributed by atoms with E-state index in [0.29, 0.717) is 6.04 Å². The van der Waals surface area contributed by atoms with Crippen molar-refractivity contribution in [1.82, 2.24) is 5.32 Å². The largest absolute Gasteiger partial charge is 0.388 e. The summed E-state index contributed by atoms with van der Waals surface area (Å²) in [5.74, 6) is 3.52. The first-order valence-electron chi connectivity index (χ1n) is 7.78. The number of amides is 1. The van der Waals surface area contributed by atoms with Gasteiger partial charge < -0.3 is 10.6 Å². The predicted molar refractivity (Wildman–Crippen MR) is 79.8 cm³/mol. The lowest BCUT2D eigenvalue weighted by molar-refractivity contribution is 0.0944. The van der Waals surface area contributed by atoms with Crippen LogP contribution in [0.2, 0.25) is 0 Å². The third-order valence-corrected chi connectivity index (χ3v) is 5.79. The summed E-state index contributed by atoms with van der Waals surface area (Å²) in [5.41, 5.74) is 3.00. The minimum absolute atomic E-state index is 0.106. The lowest BCUT2D eigenvalue weighted by atomic mass is 10.0. The molecule has 2 bridgehead atoms. The number of hydrogen-bond acceptors (Lipinski definition) is 2. The van der Waals surface area contributed by atoms with E-state index < -0.39 is 0 Å². The summed E-state index contributed by atoms with van der Waals surface area (Å²) in [7, 11) is 1.91. The molecule has 3 nitrogen and oxygen atoms in total. The topological polar surface area (TPSA) is 41.1 Å². The molecule has 4 atom stereocenters. The molecule has 3 aliphatic rings. The Morgan fingerprint density at radius 2 is 1.90 bits per heavy atom. The van der Waals surface area contributed by atoms with E-state index in [-0.39, 0.29) is 5.91 Å². The summed E-state index contributed by atoms with van der Waals surface area (Å²) in [4.78, 5) is 12.4. The van der Waals surface area contributed by atoms with Crippen LogP contribution in [0.15, 0.2) is 18.2 Å². The minimum atomic E-state index is 0.106. The van der Waals surface area contributed by atoms with Crippen LogP contribution in [0.3, 0.4) is 0 Å². The molecule has 106 valence electrons. The molecule has 0 saturated heterocycles. The van der Waals surface area contributed by atoms with Crippen molar-refractivity contribution in [3.05, 3.63) is 29.3 Å². The molecule has 3 saturated carbocycles. The molecule has 0 heterocycles. The van der Waals surface area contributed by atoms with Gasteiger partial charge in [-0.2, -0.15) is 0 Å². The Balaban J connectivity index is 1.45. The molecule has 3 aliphatic carbocycles. The molecule has 0 aromatic heterocycles. The summed E-state index contributed by atoms with van der Waals surface area (Å²) < 4.78 is 0. The molecular formula is C17H22N2O. The Labute approximate surface area is 120 Å². The van der Waals surface area contributed by atoms with E-state index in [2.05, 4.69) is 10.6 Å². The van der Waals surface area contributed by atoms with Gasteiger partial charge in [0.05, 0.1) is 0 Å². The number of aryl methyl sites for hydroxylation is 1. The Morgan fingerprint density at radius 3 is 2.50 bits per heavy atom. The number of anilines is 1. The van der Waals surface area contributed by atoms with Gasteiger partial charge in [-0.25, -0.2) is 0 Å². The SMILES string of the molecule is CNc1ccc(C(=O)NC2C3C4CCC(C4)C23)cc1C. The zero-order valence-corrected chi connectivity index (χ0v) is 12.1. The maximum absolute atomic E-state index is 12.4. The maximum Gasteiger partial charge on any atom is 0.251 e. The van der Waals surface area contributed by atoms with Gasteiger partial charge in [0, 0.05) is 24.3 Å². The normalized spacial score (nSPS) is 36.6. The number of fused-ring (bicyclic) bond motifs is 5. The molecular weight excluding hydrogens is 248 g/mol. The molecule has 0 spiro atoms. The third kappa shape index (κ3) is 1.68. The van der Waals surface area contributed by atoms with E-state index >= 15 is 0 Å². The second kappa shape index (κ2) is 4.24. The smallest absolute Gasteiger partial charge is 0.251 e. The Kier molecular flexibility index (Phi) is 2.60.